The highest BCUT2D eigenvalue weighted by molar-refractivity contribution is 6.30. The summed E-state index contributed by atoms with van der Waals surface area (Å²) >= 11 is 5.91. The Balaban J connectivity index is 1.82. The molecule has 0 saturated heterocycles. The Morgan fingerprint density at radius 1 is 1.23 bits per heavy atom. The topological polar surface area (TPSA) is 46.9 Å². The third-order valence-corrected chi connectivity index (χ3v) is 4.50. The van der Waals surface area contributed by atoms with E-state index < -0.39 is 0 Å². The zero-order valence-corrected chi connectivity index (χ0v) is 15.9. The monoisotopic (exact) mass is 367 g/mol. The van der Waals surface area contributed by atoms with Gasteiger partial charge in [-0.1, -0.05) is 55.8 Å². The van der Waals surface area contributed by atoms with Gasteiger partial charge in [-0.25, -0.2) is 0 Å². The lowest BCUT2D eigenvalue weighted by Gasteiger charge is -2.16. The first kappa shape index (κ1) is 18.2. The van der Waals surface area contributed by atoms with Crippen LogP contribution in [-0.4, -0.2) is 15.7 Å². The molecule has 4 nitrogen and oxygen atoms in total. The normalized spacial score (nSPS) is 11.0. The van der Waals surface area contributed by atoms with Gasteiger partial charge in [0.15, 0.2) is 0 Å². The van der Waals surface area contributed by atoms with Crippen molar-refractivity contribution in [3.63, 3.8) is 0 Å². The number of carbonyl (C=O) groups excluding carboxylic acids is 1. The van der Waals surface area contributed by atoms with Gasteiger partial charge in [-0.2, -0.15) is 5.10 Å². The Bertz CT molecular complexity index is 931. The van der Waals surface area contributed by atoms with Crippen molar-refractivity contribution >= 4 is 23.2 Å². The smallest absolute Gasteiger partial charge is 0.255 e. The minimum atomic E-state index is -0.110. The zero-order chi connectivity index (χ0) is 18.7. The summed E-state index contributed by atoms with van der Waals surface area (Å²) in [6.45, 7) is 6.83. The number of amides is 1. The maximum atomic E-state index is 12.8. The fourth-order valence-electron chi connectivity index (χ4n) is 2.95. The molecule has 0 aliphatic heterocycles. The van der Waals surface area contributed by atoms with Gasteiger partial charge in [0.05, 0.1) is 17.8 Å². The van der Waals surface area contributed by atoms with Crippen molar-refractivity contribution in [3.05, 3.63) is 82.1 Å². The molecule has 3 aromatic rings. The minimum absolute atomic E-state index is 0.110. The van der Waals surface area contributed by atoms with Crippen molar-refractivity contribution in [1.82, 2.24) is 9.78 Å². The van der Waals surface area contributed by atoms with Crippen molar-refractivity contribution in [2.75, 3.05) is 5.32 Å². The molecule has 0 unspecified atom stereocenters. The highest BCUT2D eigenvalue weighted by Gasteiger charge is 2.13. The second kappa shape index (κ2) is 7.75. The van der Waals surface area contributed by atoms with E-state index in [0.29, 0.717) is 23.0 Å². The minimum Gasteiger partial charge on any atom is -0.321 e. The van der Waals surface area contributed by atoms with Gasteiger partial charge in [-0.15, -0.1) is 0 Å². The standard InChI is InChI=1S/C21H22ClN3O/c1-14(2)19-9-4-6-15(3)20(19)24-21(26)17-8-5-7-16(10-17)12-25-13-18(22)11-23-25/h4-11,13-14H,12H2,1-3H3,(H,24,26). The molecule has 0 atom stereocenters. The van der Waals surface area contributed by atoms with E-state index in [-0.39, 0.29) is 5.91 Å². The molecule has 1 N–H and O–H groups in total. The number of nitrogens with zero attached hydrogens (tertiary/aromatic N) is 2. The molecular formula is C21H22ClN3O. The van der Waals surface area contributed by atoms with E-state index in [2.05, 4.69) is 30.3 Å². The molecule has 1 heterocycles. The third-order valence-electron chi connectivity index (χ3n) is 4.30. The van der Waals surface area contributed by atoms with Crippen molar-refractivity contribution < 1.29 is 4.79 Å². The summed E-state index contributed by atoms with van der Waals surface area (Å²) < 4.78 is 1.75. The fraction of sp³-hybridized carbons (Fsp3) is 0.238. The average Bonchev–Trinajstić information content (AvgIpc) is 3.01. The number of aromatic nitrogens is 2. The Morgan fingerprint density at radius 2 is 2.00 bits per heavy atom. The molecule has 26 heavy (non-hydrogen) atoms. The predicted octanol–water partition coefficient (Wildman–Crippen LogP) is 5.27. The van der Waals surface area contributed by atoms with Gasteiger partial charge < -0.3 is 5.32 Å². The summed E-state index contributed by atoms with van der Waals surface area (Å²) in [6.07, 6.45) is 3.36. The summed E-state index contributed by atoms with van der Waals surface area (Å²) in [7, 11) is 0. The molecule has 0 radical (unpaired) electrons. The van der Waals surface area contributed by atoms with E-state index >= 15 is 0 Å². The largest absolute Gasteiger partial charge is 0.321 e. The number of nitrogens with one attached hydrogen (secondary N) is 1. The van der Waals surface area contributed by atoms with Crippen molar-refractivity contribution in [1.29, 1.82) is 0 Å². The second-order valence-electron chi connectivity index (χ2n) is 6.70. The number of anilines is 1. The first-order valence-electron chi connectivity index (χ1n) is 8.62. The summed E-state index contributed by atoms with van der Waals surface area (Å²) in [5.41, 5.74) is 4.72. The summed E-state index contributed by atoms with van der Waals surface area (Å²) in [5, 5.41) is 7.87. The molecule has 0 bridgehead atoms. The molecule has 1 amide bonds. The first-order chi connectivity index (χ1) is 12.4. The van der Waals surface area contributed by atoms with E-state index in [4.69, 9.17) is 11.6 Å². The Morgan fingerprint density at radius 3 is 2.69 bits per heavy atom. The van der Waals surface area contributed by atoms with Crippen LogP contribution in [0.2, 0.25) is 5.02 Å². The second-order valence-corrected chi connectivity index (χ2v) is 7.14. The van der Waals surface area contributed by atoms with Gasteiger partial charge in [0.2, 0.25) is 0 Å². The third kappa shape index (κ3) is 4.14. The Labute approximate surface area is 158 Å². The summed E-state index contributed by atoms with van der Waals surface area (Å²) in [5.74, 6) is 0.225. The molecule has 1 aromatic heterocycles. The molecule has 0 aliphatic rings. The maximum Gasteiger partial charge on any atom is 0.255 e. The molecule has 5 heteroatoms. The lowest BCUT2D eigenvalue weighted by atomic mass is 9.98. The number of hydrogen-bond acceptors (Lipinski definition) is 2. The van der Waals surface area contributed by atoms with Crippen LogP contribution in [0.25, 0.3) is 0 Å². The SMILES string of the molecule is Cc1cccc(C(C)C)c1NC(=O)c1cccc(Cn2cc(Cl)cn2)c1. The molecule has 0 saturated carbocycles. The Hall–Kier alpha value is -2.59. The quantitative estimate of drug-likeness (QED) is 0.667. The van der Waals surface area contributed by atoms with Gasteiger partial charge >= 0.3 is 0 Å². The highest BCUT2D eigenvalue weighted by Crippen LogP contribution is 2.28. The van der Waals surface area contributed by atoms with Crippen LogP contribution in [-0.2, 0) is 6.54 Å². The zero-order valence-electron chi connectivity index (χ0n) is 15.2. The van der Waals surface area contributed by atoms with E-state index in [1.807, 2.05) is 43.3 Å². The van der Waals surface area contributed by atoms with E-state index in [1.165, 1.54) is 0 Å². The molecule has 0 aliphatic carbocycles. The van der Waals surface area contributed by atoms with E-state index in [9.17, 15) is 4.79 Å². The summed E-state index contributed by atoms with van der Waals surface area (Å²) in [4.78, 5) is 12.8. The molecule has 2 aromatic carbocycles. The van der Waals surface area contributed by atoms with Crippen molar-refractivity contribution in [3.8, 4) is 0 Å². The first-order valence-corrected chi connectivity index (χ1v) is 8.99. The van der Waals surface area contributed by atoms with Crippen LogP contribution >= 0.6 is 11.6 Å². The van der Waals surface area contributed by atoms with Gasteiger partial charge in [0.1, 0.15) is 0 Å². The molecular weight excluding hydrogens is 346 g/mol. The van der Waals surface area contributed by atoms with Crippen molar-refractivity contribution in [2.45, 2.75) is 33.2 Å². The van der Waals surface area contributed by atoms with Crippen LogP contribution in [0.15, 0.2) is 54.9 Å². The number of halogens is 1. The highest BCUT2D eigenvalue weighted by atomic mass is 35.5. The number of benzene rings is 2. The van der Waals surface area contributed by atoms with Crippen LogP contribution in [0, 0.1) is 6.92 Å². The number of hydrogen-bond donors (Lipinski definition) is 1. The van der Waals surface area contributed by atoms with E-state index in [0.717, 1.165) is 22.4 Å². The van der Waals surface area contributed by atoms with Gasteiger partial charge in [-0.05, 0) is 41.7 Å². The molecule has 0 spiro atoms. The lowest BCUT2D eigenvalue weighted by molar-refractivity contribution is 0.102. The number of carbonyl (C=O) groups is 1. The van der Waals surface area contributed by atoms with Crippen LogP contribution in [0.1, 0.15) is 46.8 Å². The fourth-order valence-corrected chi connectivity index (χ4v) is 3.11. The maximum absolute atomic E-state index is 12.8. The number of aryl methyl sites for hydroxylation is 1. The Kier molecular flexibility index (Phi) is 5.43. The molecule has 134 valence electrons. The van der Waals surface area contributed by atoms with Crippen LogP contribution in [0.4, 0.5) is 5.69 Å². The van der Waals surface area contributed by atoms with Gasteiger partial charge in [0.25, 0.3) is 5.91 Å². The average molecular weight is 368 g/mol. The van der Waals surface area contributed by atoms with Crippen LogP contribution < -0.4 is 5.32 Å². The molecule has 0 fully saturated rings. The summed E-state index contributed by atoms with van der Waals surface area (Å²) in [6, 6.07) is 13.7. The van der Waals surface area contributed by atoms with Crippen LogP contribution in [0.5, 0.6) is 0 Å². The van der Waals surface area contributed by atoms with E-state index in [1.54, 1.807) is 17.1 Å². The van der Waals surface area contributed by atoms with Gasteiger partial charge in [0, 0.05) is 17.4 Å². The van der Waals surface area contributed by atoms with Crippen molar-refractivity contribution in [2.24, 2.45) is 0 Å². The number of rotatable bonds is 5. The number of para-hydroxylation sites is 1. The predicted molar refractivity (Wildman–Crippen MR) is 106 cm³/mol. The van der Waals surface area contributed by atoms with Crippen LogP contribution in [0.3, 0.4) is 0 Å². The lowest BCUT2D eigenvalue weighted by Crippen LogP contribution is -2.15. The van der Waals surface area contributed by atoms with Gasteiger partial charge in [-0.3, -0.25) is 9.48 Å². The molecule has 3 rings (SSSR count).